The first-order chi connectivity index (χ1) is 12.5. The highest BCUT2D eigenvalue weighted by Crippen LogP contribution is 2.21. The number of carbonyl (C=O) groups excluding carboxylic acids is 1. The molecule has 26 heavy (non-hydrogen) atoms. The number of benzene rings is 1. The molecule has 0 radical (unpaired) electrons. The lowest BCUT2D eigenvalue weighted by Crippen LogP contribution is -2.28. The average Bonchev–Trinajstić information content (AvgIpc) is 3.02. The van der Waals surface area contributed by atoms with Gasteiger partial charge in [-0.15, -0.1) is 0 Å². The molecule has 0 aliphatic rings. The second-order valence-corrected chi connectivity index (χ2v) is 6.82. The molecule has 0 saturated heterocycles. The van der Waals surface area contributed by atoms with E-state index < -0.39 is 0 Å². The SMILES string of the molecule is Cc1c([C@@H](C)NC(=O)CSc2ccccn2)cnn1-c1cccc(F)c1. The maximum atomic E-state index is 13.4. The zero-order valence-electron chi connectivity index (χ0n) is 14.5. The molecule has 3 aromatic rings. The molecule has 5 nitrogen and oxygen atoms in total. The van der Waals surface area contributed by atoms with E-state index in [2.05, 4.69) is 15.4 Å². The van der Waals surface area contributed by atoms with Crippen LogP contribution in [0.3, 0.4) is 0 Å². The van der Waals surface area contributed by atoms with E-state index in [9.17, 15) is 9.18 Å². The third-order valence-electron chi connectivity index (χ3n) is 3.93. The lowest BCUT2D eigenvalue weighted by molar-refractivity contribution is -0.119. The normalized spacial score (nSPS) is 12.0. The van der Waals surface area contributed by atoms with Gasteiger partial charge < -0.3 is 5.32 Å². The first-order valence-corrected chi connectivity index (χ1v) is 9.17. The van der Waals surface area contributed by atoms with Gasteiger partial charge in [0.1, 0.15) is 5.82 Å². The Bertz CT molecular complexity index is 898. The van der Waals surface area contributed by atoms with Crippen molar-refractivity contribution in [2.75, 3.05) is 5.75 Å². The van der Waals surface area contributed by atoms with Crippen molar-refractivity contribution >= 4 is 17.7 Å². The number of hydrogen-bond donors (Lipinski definition) is 1. The Balaban J connectivity index is 1.65. The van der Waals surface area contributed by atoms with E-state index in [0.29, 0.717) is 11.4 Å². The summed E-state index contributed by atoms with van der Waals surface area (Å²) in [5.41, 5.74) is 2.41. The summed E-state index contributed by atoms with van der Waals surface area (Å²) in [4.78, 5) is 16.4. The predicted molar refractivity (Wildman–Crippen MR) is 99.8 cm³/mol. The van der Waals surface area contributed by atoms with Gasteiger partial charge >= 0.3 is 0 Å². The van der Waals surface area contributed by atoms with Crippen LogP contribution in [0.25, 0.3) is 5.69 Å². The molecule has 0 aliphatic heterocycles. The second kappa shape index (κ2) is 8.14. The number of halogens is 1. The summed E-state index contributed by atoms with van der Waals surface area (Å²) in [6.45, 7) is 3.81. The molecule has 1 N–H and O–H groups in total. The number of aromatic nitrogens is 3. The smallest absolute Gasteiger partial charge is 0.230 e. The lowest BCUT2D eigenvalue weighted by atomic mass is 10.1. The van der Waals surface area contributed by atoms with Gasteiger partial charge in [-0.1, -0.05) is 23.9 Å². The quantitative estimate of drug-likeness (QED) is 0.673. The number of thioether (sulfide) groups is 1. The summed E-state index contributed by atoms with van der Waals surface area (Å²) in [5.74, 6) is -0.101. The fourth-order valence-corrected chi connectivity index (χ4v) is 3.32. The van der Waals surface area contributed by atoms with E-state index >= 15 is 0 Å². The molecule has 7 heteroatoms. The molecule has 134 valence electrons. The molecule has 1 amide bonds. The summed E-state index contributed by atoms with van der Waals surface area (Å²) >= 11 is 1.39. The fourth-order valence-electron chi connectivity index (χ4n) is 2.65. The number of rotatable bonds is 6. The number of amides is 1. The van der Waals surface area contributed by atoms with Crippen LogP contribution in [0, 0.1) is 12.7 Å². The molecule has 0 aliphatic carbocycles. The van der Waals surface area contributed by atoms with Crippen molar-refractivity contribution in [3.63, 3.8) is 0 Å². The highest BCUT2D eigenvalue weighted by molar-refractivity contribution is 7.99. The number of carbonyl (C=O) groups is 1. The summed E-state index contributed by atoms with van der Waals surface area (Å²) in [6, 6.07) is 11.7. The van der Waals surface area contributed by atoms with E-state index in [1.54, 1.807) is 29.2 Å². The van der Waals surface area contributed by atoms with Gasteiger partial charge in [0, 0.05) is 17.5 Å². The summed E-state index contributed by atoms with van der Waals surface area (Å²) in [6.07, 6.45) is 3.41. The van der Waals surface area contributed by atoms with Crippen LogP contribution in [0.5, 0.6) is 0 Å². The minimum absolute atomic E-state index is 0.0777. The zero-order valence-corrected chi connectivity index (χ0v) is 15.3. The van der Waals surface area contributed by atoms with Crippen molar-refractivity contribution in [3.8, 4) is 5.69 Å². The van der Waals surface area contributed by atoms with Gasteiger partial charge in [0.05, 0.1) is 28.7 Å². The van der Waals surface area contributed by atoms with Gasteiger partial charge in [0.15, 0.2) is 0 Å². The van der Waals surface area contributed by atoms with Crippen molar-refractivity contribution in [1.82, 2.24) is 20.1 Å². The summed E-state index contributed by atoms with van der Waals surface area (Å²) in [5, 5.41) is 8.11. The fraction of sp³-hybridized carbons (Fsp3) is 0.211. The molecule has 0 unspecified atom stereocenters. The number of hydrogen-bond acceptors (Lipinski definition) is 4. The third kappa shape index (κ3) is 4.29. The minimum Gasteiger partial charge on any atom is -0.349 e. The van der Waals surface area contributed by atoms with Crippen molar-refractivity contribution in [3.05, 3.63) is 71.9 Å². The molecular formula is C19H19FN4OS. The van der Waals surface area contributed by atoms with Crippen LogP contribution in [0.1, 0.15) is 24.2 Å². The van der Waals surface area contributed by atoms with Gasteiger partial charge in [0.2, 0.25) is 5.91 Å². The van der Waals surface area contributed by atoms with Crippen LogP contribution < -0.4 is 5.32 Å². The Labute approximate surface area is 155 Å². The Kier molecular flexibility index (Phi) is 5.68. The maximum absolute atomic E-state index is 13.4. The van der Waals surface area contributed by atoms with E-state index in [0.717, 1.165) is 16.3 Å². The maximum Gasteiger partial charge on any atom is 0.230 e. The third-order valence-corrected chi connectivity index (χ3v) is 4.88. The van der Waals surface area contributed by atoms with Crippen LogP contribution in [0.15, 0.2) is 59.9 Å². The molecule has 0 saturated carbocycles. The first-order valence-electron chi connectivity index (χ1n) is 8.18. The van der Waals surface area contributed by atoms with E-state index in [-0.39, 0.29) is 17.8 Å². The van der Waals surface area contributed by atoms with Crippen LogP contribution in [-0.2, 0) is 4.79 Å². The topological polar surface area (TPSA) is 59.8 Å². The lowest BCUT2D eigenvalue weighted by Gasteiger charge is -2.14. The van der Waals surface area contributed by atoms with Crippen molar-refractivity contribution < 1.29 is 9.18 Å². The Morgan fingerprint density at radius 1 is 1.31 bits per heavy atom. The van der Waals surface area contributed by atoms with Crippen LogP contribution in [-0.4, -0.2) is 26.4 Å². The summed E-state index contributed by atoms with van der Waals surface area (Å²) in [7, 11) is 0. The predicted octanol–water partition coefficient (Wildman–Crippen LogP) is 3.68. The monoisotopic (exact) mass is 370 g/mol. The number of pyridine rings is 1. The molecule has 1 atom stereocenters. The van der Waals surface area contributed by atoms with Crippen LogP contribution in [0.2, 0.25) is 0 Å². The van der Waals surface area contributed by atoms with E-state index in [1.807, 2.05) is 32.0 Å². The number of nitrogens with zero attached hydrogens (tertiary/aromatic N) is 3. The highest BCUT2D eigenvalue weighted by Gasteiger charge is 2.16. The molecule has 0 fully saturated rings. The summed E-state index contributed by atoms with van der Waals surface area (Å²) < 4.78 is 15.1. The van der Waals surface area contributed by atoms with Gasteiger partial charge in [-0.2, -0.15) is 5.10 Å². The van der Waals surface area contributed by atoms with Crippen molar-refractivity contribution in [2.24, 2.45) is 0 Å². The molecule has 0 spiro atoms. The Morgan fingerprint density at radius 3 is 2.88 bits per heavy atom. The van der Waals surface area contributed by atoms with Crippen molar-refractivity contribution in [2.45, 2.75) is 24.9 Å². The van der Waals surface area contributed by atoms with Crippen LogP contribution in [0.4, 0.5) is 4.39 Å². The molecule has 2 heterocycles. The largest absolute Gasteiger partial charge is 0.349 e. The molecule has 1 aromatic carbocycles. The number of nitrogens with one attached hydrogen (secondary N) is 1. The molecule has 3 rings (SSSR count). The van der Waals surface area contributed by atoms with E-state index in [4.69, 9.17) is 0 Å². The van der Waals surface area contributed by atoms with Crippen LogP contribution >= 0.6 is 11.8 Å². The van der Waals surface area contributed by atoms with Gasteiger partial charge in [-0.05, 0) is 44.2 Å². The average molecular weight is 370 g/mol. The minimum atomic E-state index is -0.313. The molecule has 0 bridgehead atoms. The molecular weight excluding hydrogens is 351 g/mol. The highest BCUT2D eigenvalue weighted by atomic mass is 32.2. The zero-order chi connectivity index (χ0) is 18.5. The van der Waals surface area contributed by atoms with Gasteiger partial charge in [-0.3, -0.25) is 4.79 Å². The van der Waals surface area contributed by atoms with Crippen molar-refractivity contribution in [1.29, 1.82) is 0 Å². The Morgan fingerprint density at radius 2 is 2.15 bits per heavy atom. The van der Waals surface area contributed by atoms with Gasteiger partial charge in [-0.25, -0.2) is 14.1 Å². The van der Waals surface area contributed by atoms with Gasteiger partial charge in [0.25, 0.3) is 0 Å². The first kappa shape index (κ1) is 18.1. The second-order valence-electron chi connectivity index (χ2n) is 5.82. The van der Waals surface area contributed by atoms with E-state index in [1.165, 1.54) is 23.9 Å². The standard InChI is InChI=1S/C19H19FN4OS/c1-13(23-18(25)12-26-19-8-3-4-9-21-19)17-11-22-24(14(17)2)16-7-5-6-15(20)10-16/h3-11,13H,12H2,1-2H3,(H,23,25)/t13-/m1/s1. The Hall–Kier alpha value is -2.67. The molecule has 2 aromatic heterocycles.